The molecule has 0 rings (SSSR count). The van der Waals surface area contributed by atoms with Gasteiger partial charge in [-0.3, -0.25) is 0 Å². The summed E-state index contributed by atoms with van der Waals surface area (Å²) in [6, 6.07) is 0. The van der Waals surface area contributed by atoms with Gasteiger partial charge in [-0.2, -0.15) is 0 Å². The van der Waals surface area contributed by atoms with Crippen LogP contribution in [0.15, 0.2) is 0 Å². The summed E-state index contributed by atoms with van der Waals surface area (Å²) in [5.41, 5.74) is 0. The molecule has 0 heterocycles. The summed E-state index contributed by atoms with van der Waals surface area (Å²) in [5, 5.41) is 0. The summed E-state index contributed by atoms with van der Waals surface area (Å²) in [6.07, 6.45) is 4.91. The fourth-order valence-electron chi connectivity index (χ4n) is 0.595. The summed E-state index contributed by atoms with van der Waals surface area (Å²) in [5.74, 6) is 0. The smallest absolute Gasteiger partial charge is 0.381 e. The molecule has 0 aromatic carbocycles. The summed E-state index contributed by atoms with van der Waals surface area (Å²) in [7, 11) is 0. The first-order valence-electron chi connectivity index (χ1n) is 3.99. The molecule has 0 amide bonds. The molecule has 0 saturated carbocycles. The van der Waals surface area contributed by atoms with Crippen LogP contribution in [0.3, 0.4) is 0 Å². The molecule has 0 fully saturated rings. The van der Waals surface area contributed by atoms with Gasteiger partial charge in [0.1, 0.15) is 0 Å². The summed E-state index contributed by atoms with van der Waals surface area (Å²) < 4.78 is 5.31. The second-order valence-corrected chi connectivity index (χ2v) is 2.32. The molecule has 0 radical (unpaired) electrons. The van der Waals surface area contributed by atoms with Crippen LogP contribution in [-0.4, -0.2) is 13.2 Å². The van der Waals surface area contributed by atoms with Crippen molar-refractivity contribution >= 4 is 0 Å². The Balaban J connectivity index is 0. The van der Waals surface area contributed by atoms with Crippen LogP contribution in [0.4, 0.5) is 0 Å². The Hall–Kier alpha value is 0.843. The van der Waals surface area contributed by atoms with E-state index in [0.717, 1.165) is 13.2 Å². The van der Waals surface area contributed by atoms with E-state index < -0.39 is 0 Å². The van der Waals surface area contributed by atoms with Gasteiger partial charge < -0.3 is 4.74 Å². The maximum absolute atomic E-state index is 5.31. The maximum Gasteiger partial charge on any atom is 4.00 e. The molecule has 0 aromatic heterocycles. The Labute approximate surface area is 83.7 Å². The van der Waals surface area contributed by atoms with Gasteiger partial charge in [0, 0.05) is 13.2 Å². The average molecular weight is 221 g/mol. The molecule has 0 unspecified atom stereocenters. The summed E-state index contributed by atoms with van der Waals surface area (Å²) in [6.45, 7) is 6.28. The van der Waals surface area contributed by atoms with E-state index in [9.17, 15) is 0 Å². The van der Waals surface area contributed by atoms with Gasteiger partial charge in [0.15, 0.2) is 0 Å². The van der Waals surface area contributed by atoms with Crippen molar-refractivity contribution in [1.29, 1.82) is 0 Å². The molecule has 0 atom stereocenters. The molecule has 56 valence electrons. The summed E-state index contributed by atoms with van der Waals surface area (Å²) in [4.78, 5) is 0. The van der Waals surface area contributed by atoms with Gasteiger partial charge in [-0.15, -0.1) is 0 Å². The Morgan fingerprint density at radius 3 is 1.60 bits per heavy atom. The van der Waals surface area contributed by atoms with Crippen molar-refractivity contribution in [3.63, 3.8) is 0 Å². The molecule has 0 aliphatic carbocycles. The fourth-order valence-corrected chi connectivity index (χ4v) is 0.595. The van der Waals surface area contributed by atoms with Crippen molar-refractivity contribution in [2.24, 2.45) is 0 Å². The minimum Gasteiger partial charge on any atom is -0.381 e. The zero-order valence-corrected chi connectivity index (χ0v) is 9.61. The monoisotopic (exact) mass is 220 g/mol. The second kappa shape index (κ2) is 12.5. The van der Waals surface area contributed by atoms with Crippen LogP contribution < -0.4 is 0 Å². The molecule has 0 bridgehead atoms. The van der Waals surface area contributed by atoms with E-state index in [4.69, 9.17) is 4.74 Å². The number of hydrogen-bond acceptors (Lipinski definition) is 1. The predicted octanol–water partition coefficient (Wildman–Crippen LogP) is 2.60. The maximum atomic E-state index is 5.31. The first-order chi connectivity index (χ1) is 4.41. The van der Waals surface area contributed by atoms with Gasteiger partial charge >= 0.3 is 26.2 Å². The van der Waals surface area contributed by atoms with Crippen LogP contribution in [0.5, 0.6) is 0 Å². The third-order valence-corrected chi connectivity index (χ3v) is 1.28. The molecular formula is C8H18OZr+4. The van der Waals surface area contributed by atoms with Crippen molar-refractivity contribution in [3.8, 4) is 0 Å². The number of rotatable bonds is 6. The Morgan fingerprint density at radius 2 is 1.30 bits per heavy atom. The quantitative estimate of drug-likeness (QED) is 0.627. The van der Waals surface area contributed by atoms with E-state index in [2.05, 4.69) is 13.8 Å². The van der Waals surface area contributed by atoms with Gasteiger partial charge in [0.2, 0.25) is 0 Å². The summed E-state index contributed by atoms with van der Waals surface area (Å²) >= 11 is 0. The van der Waals surface area contributed by atoms with Crippen molar-refractivity contribution in [3.05, 3.63) is 0 Å². The zero-order chi connectivity index (χ0) is 6.95. The molecule has 2 heteroatoms. The third kappa shape index (κ3) is 11.6. The molecular weight excluding hydrogens is 203 g/mol. The third-order valence-electron chi connectivity index (χ3n) is 1.28. The van der Waals surface area contributed by atoms with E-state index in [0.29, 0.717) is 0 Å². The molecule has 0 aromatic rings. The average Bonchev–Trinajstić information content (AvgIpc) is 1.89. The van der Waals surface area contributed by atoms with E-state index in [1.54, 1.807) is 0 Å². The topological polar surface area (TPSA) is 9.23 Å². The van der Waals surface area contributed by atoms with Crippen LogP contribution >= 0.6 is 0 Å². The SMILES string of the molecule is CCCCOCCCC.[Zr+4]. The van der Waals surface area contributed by atoms with Gasteiger partial charge in [-0.25, -0.2) is 0 Å². The molecule has 0 aliphatic rings. The van der Waals surface area contributed by atoms with E-state index in [1.807, 2.05) is 0 Å². The number of ether oxygens (including phenoxy) is 1. The van der Waals surface area contributed by atoms with Crippen LogP contribution in [0.25, 0.3) is 0 Å². The first-order valence-corrected chi connectivity index (χ1v) is 3.99. The van der Waals surface area contributed by atoms with Gasteiger partial charge in [-0.1, -0.05) is 26.7 Å². The minimum absolute atomic E-state index is 0. The predicted molar refractivity (Wildman–Crippen MR) is 40.6 cm³/mol. The molecule has 0 saturated heterocycles. The number of hydrogen-bond donors (Lipinski definition) is 0. The van der Waals surface area contributed by atoms with Crippen molar-refractivity contribution in [1.82, 2.24) is 0 Å². The van der Waals surface area contributed by atoms with Gasteiger partial charge in [0.05, 0.1) is 0 Å². The molecule has 0 spiro atoms. The molecule has 0 aliphatic heterocycles. The minimum atomic E-state index is 0. The Morgan fingerprint density at radius 1 is 0.900 bits per heavy atom. The standard InChI is InChI=1S/C8H18O.Zr/c1-3-5-7-9-8-6-4-2;/h3-8H2,1-2H3;/q;+4. The van der Waals surface area contributed by atoms with Crippen molar-refractivity contribution in [2.75, 3.05) is 13.2 Å². The largest absolute Gasteiger partial charge is 4.00 e. The van der Waals surface area contributed by atoms with Gasteiger partial charge in [-0.05, 0) is 12.8 Å². The Bertz CT molecular complexity index is 42.5. The van der Waals surface area contributed by atoms with Crippen molar-refractivity contribution in [2.45, 2.75) is 39.5 Å². The van der Waals surface area contributed by atoms with Crippen LogP contribution in [0.2, 0.25) is 0 Å². The normalized spacial score (nSPS) is 9.00. The number of unbranched alkanes of at least 4 members (excludes halogenated alkanes) is 2. The second-order valence-electron chi connectivity index (χ2n) is 2.32. The fraction of sp³-hybridized carbons (Fsp3) is 1.00. The zero-order valence-electron chi connectivity index (χ0n) is 7.15. The van der Waals surface area contributed by atoms with Gasteiger partial charge in [0.25, 0.3) is 0 Å². The Kier molecular flexibility index (Phi) is 16.8. The van der Waals surface area contributed by atoms with Crippen molar-refractivity contribution < 1.29 is 30.9 Å². The van der Waals surface area contributed by atoms with Crippen LogP contribution in [0.1, 0.15) is 39.5 Å². The van der Waals surface area contributed by atoms with E-state index >= 15 is 0 Å². The molecule has 1 nitrogen and oxygen atoms in total. The molecule has 10 heavy (non-hydrogen) atoms. The van der Waals surface area contributed by atoms with Crippen LogP contribution in [0, 0.1) is 0 Å². The van der Waals surface area contributed by atoms with E-state index in [-0.39, 0.29) is 26.2 Å². The van der Waals surface area contributed by atoms with Crippen LogP contribution in [-0.2, 0) is 30.9 Å². The first kappa shape index (κ1) is 13.4. The molecule has 0 N–H and O–H groups in total. The van der Waals surface area contributed by atoms with E-state index in [1.165, 1.54) is 25.7 Å².